The second kappa shape index (κ2) is 8.50. The summed E-state index contributed by atoms with van der Waals surface area (Å²) in [5.41, 5.74) is 1.15. The summed E-state index contributed by atoms with van der Waals surface area (Å²) in [5.74, 6) is 0.235. The predicted molar refractivity (Wildman–Crippen MR) is 99.6 cm³/mol. The molecule has 8 heteroatoms. The van der Waals surface area contributed by atoms with Crippen LogP contribution in [0, 0.1) is 21.4 Å². The number of carbonyl (C=O) groups is 1. The van der Waals surface area contributed by atoms with Gasteiger partial charge < -0.3 is 14.4 Å². The Balaban J connectivity index is 1.83. The molecule has 1 aliphatic heterocycles. The zero-order valence-corrected chi connectivity index (χ0v) is 15.3. The van der Waals surface area contributed by atoms with E-state index in [1.807, 2.05) is 13.0 Å². The number of hydrogen-bond acceptors (Lipinski definition) is 6. The van der Waals surface area contributed by atoms with Crippen LogP contribution in [0.5, 0.6) is 5.75 Å². The summed E-state index contributed by atoms with van der Waals surface area (Å²) in [4.78, 5) is 24.7. The Labute approximate surface area is 162 Å². The van der Waals surface area contributed by atoms with Crippen LogP contribution in [0.25, 0.3) is 0 Å². The van der Waals surface area contributed by atoms with Crippen molar-refractivity contribution in [1.29, 1.82) is 5.26 Å². The summed E-state index contributed by atoms with van der Waals surface area (Å²) in [6.45, 7) is 3.21. The molecule has 1 fully saturated rings. The first-order valence-corrected chi connectivity index (χ1v) is 8.84. The van der Waals surface area contributed by atoms with Gasteiger partial charge in [-0.15, -0.1) is 0 Å². The monoisotopic (exact) mass is 381 g/mol. The molecule has 28 heavy (non-hydrogen) atoms. The highest BCUT2D eigenvalue weighted by Gasteiger charge is 2.49. The van der Waals surface area contributed by atoms with E-state index in [0.717, 1.165) is 5.56 Å². The number of rotatable bonds is 8. The molecule has 0 N–H and O–H groups in total. The molecule has 3 rings (SSSR count). The van der Waals surface area contributed by atoms with Crippen molar-refractivity contribution >= 4 is 11.6 Å². The van der Waals surface area contributed by atoms with Gasteiger partial charge in [0.1, 0.15) is 11.8 Å². The van der Waals surface area contributed by atoms with Crippen LogP contribution in [-0.2, 0) is 9.53 Å². The number of nitrogens with zero attached hydrogens (tertiary/aromatic N) is 3. The first kappa shape index (κ1) is 19.3. The van der Waals surface area contributed by atoms with Crippen LogP contribution in [0.4, 0.5) is 5.69 Å². The molecule has 0 radical (unpaired) electrons. The van der Waals surface area contributed by atoms with Crippen LogP contribution in [0.1, 0.15) is 24.1 Å². The molecule has 1 aliphatic rings. The number of ether oxygens (including phenoxy) is 2. The number of non-ortho nitro benzene ring substituents is 1. The third-order valence-electron chi connectivity index (χ3n) is 4.50. The van der Waals surface area contributed by atoms with E-state index in [1.54, 1.807) is 41.3 Å². The smallest absolute Gasteiger partial charge is 0.269 e. The van der Waals surface area contributed by atoms with Crippen LogP contribution in [0.2, 0.25) is 0 Å². The lowest BCUT2D eigenvalue weighted by Crippen LogP contribution is -2.61. The molecule has 0 saturated carbocycles. The standard InChI is InChI=1S/C20H19N3O5/c1-2-27-11-10-22-18(15-6-8-16(9-7-15)23(25)26)19(20(22)24)28-17-5-3-4-14(12-17)13-21/h3-9,12,18-19H,2,10-11H2,1H3/t18-,19+/m1/s1. The Morgan fingerprint density at radius 3 is 2.64 bits per heavy atom. The Hall–Kier alpha value is -3.44. The number of amides is 1. The van der Waals surface area contributed by atoms with Crippen molar-refractivity contribution in [3.8, 4) is 11.8 Å². The number of β-lactam (4-membered cyclic amide) rings is 1. The summed E-state index contributed by atoms with van der Waals surface area (Å²) >= 11 is 0. The minimum atomic E-state index is -0.767. The largest absolute Gasteiger partial charge is 0.478 e. The highest BCUT2D eigenvalue weighted by molar-refractivity contribution is 5.89. The molecular weight excluding hydrogens is 362 g/mol. The maximum Gasteiger partial charge on any atom is 0.269 e. The van der Waals surface area contributed by atoms with Crippen molar-refractivity contribution in [1.82, 2.24) is 4.90 Å². The molecule has 0 aliphatic carbocycles. The maximum atomic E-state index is 12.6. The molecule has 2 atom stereocenters. The average Bonchev–Trinajstić information content (AvgIpc) is 2.72. The van der Waals surface area contributed by atoms with E-state index in [0.29, 0.717) is 31.1 Å². The number of nitro groups is 1. The molecule has 0 bridgehead atoms. The van der Waals surface area contributed by atoms with Crippen LogP contribution >= 0.6 is 0 Å². The van der Waals surface area contributed by atoms with E-state index in [-0.39, 0.29) is 17.6 Å². The number of nitro benzene ring substituents is 1. The van der Waals surface area contributed by atoms with Gasteiger partial charge in [-0.25, -0.2) is 0 Å². The normalized spacial score (nSPS) is 18.3. The van der Waals surface area contributed by atoms with Crippen LogP contribution in [0.15, 0.2) is 48.5 Å². The summed E-state index contributed by atoms with van der Waals surface area (Å²) in [6.07, 6.45) is -0.767. The molecule has 0 spiro atoms. The van der Waals surface area contributed by atoms with Gasteiger partial charge in [0.15, 0.2) is 0 Å². The van der Waals surface area contributed by atoms with Gasteiger partial charge in [0.2, 0.25) is 6.10 Å². The Kier molecular flexibility index (Phi) is 5.87. The molecule has 144 valence electrons. The van der Waals surface area contributed by atoms with Gasteiger partial charge >= 0.3 is 0 Å². The predicted octanol–water partition coefficient (Wildman–Crippen LogP) is 2.83. The van der Waals surface area contributed by atoms with Crippen molar-refractivity contribution in [2.24, 2.45) is 0 Å². The minimum Gasteiger partial charge on any atom is -0.478 e. The zero-order valence-electron chi connectivity index (χ0n) is 15.3. The lowest BCUT2D eigenvalue weighted by atomic mass is 9.90. The van der Waals surface area contributed by atoms with Crippen molar-refractivity contribution in [2.75, 3.05) is 19.8 Å². The summed E-state index contributed by atoms with van der Waals surface area (Å²) in [6, 6.07) is 14.3. The summed E-state index contributed by atoms with van der Waals surface area (Å²) in [5, 5.41) is 19.9. The van der Waals surface area contributed by atoms with Gasteiger partial charge in [-0.2, -0.15) is 5.26 Å². The van der Waals surface area contributed by atoms with Gasteiger partial charge in [0.05, 0.1) is 23.2 Å². The summed E-state index contributed by atoms with van der Waals surface area (Å²) < 4.78 is 11.2. The van der Waals surface area contributed by atoms with E-state index in [9.17, 15) is 14.9 Å². The van der Waals surface area contributed by atoms with Gasteiger partial charge in [-0.05, 0) is 42.8 Å². The third-order valence-corrected chi connectivity index (χ3v) is 4.50. The van der Waals surface area contributed by atoms with E-state index < -0.39 is 11.0 Å². The van der Waals surface area contributed by atoms with E-state index in [4.69, 9.17) is 14.7 Å². The van der Waals surface area contributed by atoms with Gasteiger partial charge in [-0.3, -0.25) is 14.9 Å². The number of hydrogen-bond donors (Lipinski definition) is 0. The lowest BCUT2D eigenvalue weighted by molar-refractivity contribution is -0.384. The number of carbonyl (C=O) groups excluding carboxylic acids is 1. The lowest BCUT2D eigenvalue weighted by Gasteiger charge is -2.46. The number of benzene rings is 2. The van der Waals surface area contributed by atoms with Crippen molar-refractivity contribution in [3.05, 3.63) is 69.8 Å². The van der Waals surface area contributed by atoms with Crippen molar-refractivity contribution < 1.29 is 19.2 Å². The molecular formula is C20H19N3O5. The highest BCUT2D eigenvalue weighted by atomic mass is 16.6. The average molecular weight is 381 g/mol. The first-order valence-electron chi connectivity index (χ1n) is 8.84. The molecule has 1 amide bonds. The van der Waals surface area contributed by atoms with Crippen LogP contribution < -0.4 is 4.74 Å². The molecule has 1 heterocycles. The molecule has 8 nitrogen and oxygen atoms in total. The van der Waals surface area contributed by atoms with E-state index in [1.165, 1.54) is 12.1 Å². The molecule has 2 aromatic rings. The number of likely N-dealkylation sites (tertiary alicyclic amines) is 1. The zero-order chi connectivity index (χ0) is 20.1. The van der Waals surface area contributed by atoms with Gasteiger partial charge in [0, 0.05) is 25.3 Å². The van der Waals surface area contributed by atoms with Gasteiger partial charge in [-0.1, -0.05) is 6.07 Å². The molecule has 0 aromatic heterocycles. The Morgan fingerprint density at radius 2 is 2.00 bits per heavy atom. The fraction of sp³-hybridized carbons (Fsp3) is 0.300. The summed E-state index contributed by atoms with van der Waals surface area (Å²) in [7, 11) is 0. The van der Waals surface area contributed by atoms with Crippen LogP contribution in [-0.4, -0.2) is 41.6 Å². The van der Waals surface area contributed by atoms with E-state index >= 15 is 0 Å². The molecule has 2 aromatic carbocycles. The third kappa shape index (κ3) is 3.94. The van der Waals surface area contributed by atoms with Gasteiger partial charge in [0.25, 0.3) is 11.6 Å². The molecule has 0 unspecified atom stereocenters. The fourth-order valence-electron chi connectivity index (χ4n) is 3.12. The van der Waals surface area contributed by atoms with Crippen molar-refractivity contribution in [3.63, 3.8) is 0 Å². The number of nitriles is 1. The fourth-order valence-corrected chi connectivity index (χ4v) is 3.12. The second-order valence-electron chi connectivity index (χ2n) is 6.20. The highest BCUT2D eigenvalue weighted by Crippen LogP contribution is 2.38. The van der Waals surface area contributed by atoms with Crippen LogP contribution in [0.3, 0.4) is 0 Å². The topological polar surface area (TPSA) is 106 Å². The second-order valence-corrected chi connectivity index (χ2v) is 6.20. The minimum absolute atomic E-state index is 0.0190. The SMILES string of the molecule is CCOCCN1C(=O)[C@@H](Oc2cccc(C#N)c2)[C@H]1c1ccc([N+](=O)[O-])cc1. The Morgan fingerprint density at radius 1 is 1.25 bits per heavy atom. The Bertz CT molecular complexity index is 907. The van der Waals surface area contributed by atoms with Crippen molar-refractivity contribution in [2.45, 2.75) is 19.1 Å². The quantitative estimate of drug-likeness (QED) is 0.301. The first-order chi connectivity index (χ1) is 13.5. The molecule has 1 saturated heterocycles. The van der Waals surface area contributed by atoms with E-state index in [2.05, 4.69) is 0 Å². The maximum absolute atomic E-state index is 12.6.